The first-order valence-corrected chi connectivity index (χ1v) is 9.41. The summed E-state index contributed by atoms with van der Waals surface area (Å²) in [5.74, 6) is -0.430. The van der Waals surface area contributed by atoms with Gasteiger partial charge in [-0.05, 0) is 37.5 Å². The van der Waals surface area contributed by atoms with Gasteiger partial charge in [-0.25, -0.2) is 22.3 Å². The molecule has 2 amide bonds. The summed E-state index contributed by atoms with van der Waals surface area (Å²) < 4.78 is 38.3. The molecule has 0 aliphatic carbocycles. The molecule has 2 N–H and O–H groups in total. The number of sulfonamides is 1. The number of urea groups is 1. The molecule has 6 nitrogen and oxygen atoms in total. The Morgan fingerprint density at radius 2 is 1.96 bits per heavy atom. The predicted octanol–water partition coefficient (Wildman–Crippen LogP) is 2.33. The number of nitrogens with one attached hydrogen (secondary N) is 2. The van der Waals surface area contributed by atoms with Crippen LogP contribution in [-0.4, -0.2) is 44.7 Å². The maximum Gasteiger partial charge on any atom is 0.321 e. The van der Waals surface area contributed by atoms with Gasteiger partial charge in [-0.1, -0.05) is 11.6 Å². The Bertz CT molecular complexity index is 703. The summed E-state index contributed by atoms with van der Waals surface area (Å²) in [7, 11) is -3.25. The Kier molecular flexibility index (Phi) is 5.49. The number of piperidine rings is 1. The molecule has 1 aromatic carbocycles. The van der Waals surface area contributed by atoms with Gasteiger partial charge < -0.3 is 10.2 Å². The largest absolute Gasteiger partial charge is 0.324 e. The second-order valence-corrected chi connectivity index (χ2v) is 7.85. The Morgan fingerprint density at radius 3 is 2.52 bits per heavy atom. The second-order valence-electron chi connectivity index (χ2n) is 5.66. The van der Waals surface area contributed by atoms with Crippen molar-refractivity contribution in [2.24, 2.45) is 0 Å². The fourth-order valence-corrected chi connectivity index (χ4v) is 3.49. The van der Waals surface area contributed by atoms with Gasteiger partial charge in [0.25, 0.3) is 0 Å². The van der Waals surface area contributed by atoms with Crippen LogP contribution in [0.1, 0.15) is 18.4 Å². The standard InChI is InChI=1S/C14H19ClFN3O3S/c1-9-7-13(11(15)8-12(9)16)17-14(20)19-5-3-10(4-6-19)18-23(2,21)22/h7-8,10,18H,3-6H2,1-2H3,(H,17,20). The molecule has 1 aliphatic rings. The first-order chi connectivity index (χ1) is 10.7. The van der Waals surface area contributed by atoms with E-state index in [1.54, 1.807) is 11.8 Å². The van der Waals surface area contributed by atoms with Gasteiger partial charge in [-0.2, -0.15) is 0 Å². The fraction of sp³-hybridized carbons (Fsp3) is 0.500. The fourth-order valence-electron chi connectivity index (χ4n) is 2.45. The van der Waals surface area contributed by atoms with E-state index in [4.69, 9.17) is 11.6 Å². The van der Waals surface area contributed by atoms with Crippen LogP contribution in [0.15, 0.2) is 12.1 Å². The van der Waals surface area contributed by atoms with E-state index in [1.807, 2.05) is 0 Å². The zero-order valence-corrected chi connectivity index (χ0v) is 14.5. The molecule has 1 aromatic rings. The number of aryl methyl sites for hydroxylation is 1. The van der Waals surface area contributed by atoms with Gasteiger partial charge in [0.05, 0.1) is 17.0 Å². The minimum atomic E-state index is -3.25. The van der Waals surface area contributed by atoms with Gasteiger partial charge >= 0.3 is 6.03 Å². The number of carbonyl (C=O) groups is 1. The highest BCUT2D eigenvalue weighted by atomic mass is 35.5. The Hall–Kier alpha value is -1.38. The number of halogens is 2. The van der Waals surface area contributed by atoms with Gasteiger partial charge in [-0.3, -0.25) is 0 Å². The molecule has 0 bridgehead atoms. The predicted molar refractivity (Wildman–Crippen MR) is 87.7 cm³/mol. The summed E-state index contributed by atoms with van der Waals surface area (Å²) in [5, 5.41) is 2.80. The minimum absolute atomic E-state index is 0.134. The van der Waals surface area contributed by atoms with Crippen molar-refractivity contribution >= 4 is 33.3 Å². The summed E-state index contributed by atoms with van der Waals surface area (Å²) >= 11 is 5.93. The Balaban J connectivity index is 1.94. The summed E-state index contributed by atoms with van der Waals surface area (Å²) in [6.07, 6.45) is 2.19. The smallest absolute Gasteiger partial charge is 0.321 e. The molecule has 23 heavy (non-hydrogen) atoms. The molecule has 0 saturated carbocycles. The normalized spacial score (nSPS) is 16.4. The summed E-state index contributed by atoms with van der Waals surface area (Å²) in [5.41, 5.74) is 0.743. The van der Waals surface area contributed by atoms with Crippen LogP contribution in [0, 0.1) is 12.7 Å². The van der Waals surface area contributed by atoms with Crippen LogP contribution in [0.3, 0.4) is 0 Å². The molecule has 128 valence electrons. The summed E-state index contributed by atoms with van der Waals surface area (Å²) in [6, 6.07) is 2.14. The topological polar surface area (TPSA) is 78.5 Å². The highest BCUT2D eigenvalue weighted by Crippen LogP contribution is 2.25. The van der Waals surface area contributed by atoms with E-state index in [0.29, 0.717) is 37.2 Å². The van der Waals surface area contributed by atoms with E-state index in [-0.39, 0.29) is 17.1 Å². The van der Waals surface area contributed by atoms with Crippen LogP contribution in [0.25, 0.3) is 0 Å². The van der Waals surface area contributed by atoms with Crippen molar-refractivity contribution in [1.29, 1.82) is 0 Å². The molecule has 9 heteroatoms. The lowest BCUT2D eigenvalue weighted by molar-refractivity contribution is 0.193. The van der Waals surface area contributed by atoms with E-state index < -0.39 is 15.8 Å². The van der Waals surface area contributed by atoms with Crippen LogP contribution >= 0.6 is 11.6 Å². The number of hydrogen-bond acceptors (Lipinski definition) is 3. The minimum Gasteiger partial charge on any atom is -0.324 e. The lowest BCUT2D eigenvalue weighted by Gasteiger charge is -2.32. The molecule has 0 aromatic heterocycles. The number of hydrogen-bond donors (Lipinski definition) is 2. The van der Waals surface area contributed by atoms with Crippen molar-refractivity contribution in [2.45, 2.75) is 25.8 Å². The molecule has 2 rings (SSSR count). The molecular formula is C14H19ClFN3O3S. The van der Waals surface area contributed by atoms with E-state index in [0.717, 1.165) is 12.3 Å². The quantitative estimate of drug-likeness (QED) is 0.865. The van der Waals surface area contributed by atoms with Crippen molar-refractivity contribution in [3.05, 3.63) is 28.5 Å². The summed E-state index contributed by atoms with van der Waals surface area (Å²) in [4.78, 5) is 13.8. The SMILES string of the molecule is Cc1cc(NC(=O)N2CCC(NS(C)(=O)=O)CC2)c(Cl)cc1F. The van der Waals surface area contributed by atoms with Gasteiger partial charge in [0.2, 0.25) is 10.0 Å². The lowest BCUT2D eigenvalue weighted by Crippen LogP contribution is -2.47. The van der Waals surface area contributed by atoms with Gasteiger partial charge in [0, 0.05) is 19.1 Å². The molecule has 1 heterocycles. The first-order valence-electron chi connectivity index (χ1n) is 7.14. The number of rotatable bonds is 3. The maximum atomic E-state index is 13.4. The van der Waals surface area contributed by atoms with Crippen molar-refractivity contribution < 1.29 is 17.6 Å². The molecule has 0 radical (unpaired) electrons. The van der Waals surface area contributed by atoms with E-state index in [1.165, 1.54) is 6.07 Å². The van der Waals surface area contributed by atoms with E-state index in [9.17, 15) is 17.6 Å². The zero-order chi connectivity index (χ0) is 17.2. The van der Waals surface area contributed by atoms with Crippen molar-refractivity contribution in [2.75, 3.05) is 24.7 Å². The van der Waals surface area contributed by atoms with Crippen LogP contribution in [-0.2, 0) is 10.0 Å². The van der Waals surface area contributed by atoms with Crippen molar-refractivity contribution in [3.63, 3.8) is 0 Å². The third-order valence-corrected chi connectivity index (χ3v) is 4.73. The molecule has 0 atom stereocenters. The number of benzene rings is 1. The average Bonchev–Trinajstić information content (AvgIpc) is 2.43. The number of anilines is 1. The van der Waals surface area contributed by atoms with Crippen LogP contribution < -0.4 is 10.0 Å². The zero-order valence-electron chi connectivity index (χ0n) is 12.9. The van der Waals surface area contributed by atoms with Crippen LogP contribution in [0.4, 0.5) is 14.9 Å². The molecule has 0 unspecified atom stereocenters. The maximum absolute atomic E-state index is 13.4. The summed E-state index contributed by atoms with van der Waals surface area (Å²) in [6.45, 7) is 2.44. The monoisotopic (exact) mass is 363 g/mol. The van der Waals surface area contributed by atoms with Gasteiger partial charge in [0.15, 0.2) is 0 Å². The van der Waals surface area contributed by atoms with E-state index >= 15 is 0 Å². The highest BCUT2D eigenvalue weighted by molar-refractivity contribution is 7.88. The number of carbonyl (C=O) groups excluding carboxylic acids is 1. The van der Waals surface area contributed by atoms with Gasteiger partial charge in [-0.15, -0.1) is 0 Å². The third-order valence-electron chi connectivity index (χ3n) is 3.65. The van der Waals surface area contributed by atoms with Crippen LogP contribution in [0.5, 0.6) is 0 Å². The van der Waals surface area contributed by atoms with E-state index in [2.05, 4.69) is 10.0 Å². The average molecular weight is 364 g/mol. The number of nitrogens with zero attached hydrogens (tertiary/aromatic N) is 1. The molecule has 1 fully saturated rings. The molecule has 1 aliphatic heterocycles. The first kappa shape index (κ1) is 18.0. The van der Waals surface area contributed by atoms with Crippen LogP contribution in [0.2, 0.25) is 5.02 Å². The second kappa shape index (κ2) is 7.02. The highest BCUT2D eigenvalue weighted by Gasteiger charge is 2.25. The third kappa shape index (κ3) is 5.05. The Morgan fingerprint density at radius 1 is 1.35 bits per heavy atom. The van der Waals surface area contributed by atoms with Gasteiger partial charge in [0.1, 0.15) is 5.82 Å². The molecule has 0 spiro atoms. The lowest BCUT2D eigenvalue weighted by atomic mass is 10.1. The molecular weight excluding hydrogens is 345 g/mol. The Labute approximate surface area is 140 Å². The van der Waals surface area contributed by atoms with Crippen molar-refractivity contribution in [1.82, 2.24) is 9.62 Å². The molecule has 1 saturated heterocycles. The number of amides is 2. The number of likely N-dealkylation sites (tertiary alicyclic amines) is 1. The van der Waals surface area contributed by atoms with Crippen molar-refractivity contribution in [3.8, 4) is 0 Å².